The number of amides is 1. The van der Waals surface area contributed by atoms with E-state index in [4.69, 9.17) is 0 Å². The third-order valence-electron chi connectivity index (χ3n) is 2.25. The number of carbonyl (C=O) groups is 1. The maximum absolute atomic E-state index is 11.1. The van der Waals surface area contributed by atoms with Crippen LogP contribution >= 0.6 is 0 Å². The van der Waals surface area contributed by atoms with E-state index < -0.39 is 0 Å². The van der Waals surface area contributed by atoms with Crippen molar-refractivity contribution in [2.24, 2.45) is 0 Å². The number of hydrogen-bond acceptors (Lipinski definition) is 3. The van der Waals surface area contributed by atoms with Gasteiger partial charge in [0, 0.05) is 18.6 Å². The summed E-state index contributed by atoms with van der Waals surface area (Å²) < 4.78 is 0. The summed E-state index contributed by atoms with van der Waals surface area (Å²) in [6.45, 7) is 8.43. The average Bonchev–Trinajstić information content (AvgIpc) is 2.02. The summed E-state index contributed by atoms with van der Waals surface area (Å²) in [6, 6.07) is 0. The number of nitrogens with one attached hydrogen (secondary N) is 2. The molecule has 0 heterocycles. The highest BCUT2D eigenvalue weighted by atomic mass is 16.1. The van der Waals surface area contributed by atoms with E-state index in [1.165, 1.54) is 0 Å². The topological polar surface area (TPSA) is 44.4 Å². The van der Waals surface area contributed by atoms with Gasteiger partial charge in [-0.3, -0.25) is 9.69 Å². The lowest BCUT2D eigenvalue weighted by molar-refractivity contribution is -0.120. The number of likely N-dealkylation sites (N-methyl/N-ethyl adjacent to an activating group) is 2. The molecule has 1 amide bonds. The van der Waals surface area contributed by atoms with Crippen LogP contribution in [-0.2, 0) is 4.79 Å². The normalized spacial score (nSPS) is 11.9. The third kappa shape index (κ3) is 5.94. The molecule has 2 N–H and O–H groups in total. The molecular weight excluding hydrogens is 178 g/mol. The smallest absolute Gasteiger partial charge is 0.233 e. The zero-order valence-corrected chi connectivity index (χ0v) is 9.98. The van der Waals surface area contributed by atoms with Crippen LogP contribution in [-0.4, -0.2) is 50.1 Å². The summed E-state index contributed by atoms with van der Waals surface area (Å²) in [5.41, 5.74) is 0.160. The van der Waals surface area contributed by atoms with Crippen LogP contribution in [0.25, 0.3) is 0 Å². The molecule has 0 unspecified atom stereocenters. The van der Waals surface area contributed by atoms with E-state index in [1.807, 2.05) is 0 Å². The molecule has 0 aromatic heterocycles. The number of carbonyl (C=O) groups excluding carboxylic acids is 1. The zero-order chi connectivity index (χ0) is 11.2. The summed E-state index contributed by atoms with van der Waals surface area (Å²) in [5.74, 6) is 0.0507. The van der Waals surface area contributed by atoms with Crippen LogP contribution in [0.1, 0.15) is 20.8 Å². The van der Waals surface area contributed by atoms with Gasteiger partial charge < -0.3 is 10.6 Å². The Morgan fingerprint density at radius 3 is 2.36 bits per heavy atom. The maximum atomic E-state index is 11.1. The van der Waals surface area contributed by atoms with Crippen molar-refractivity contribution in [3.8, 4) is 0 Å². The van der Waals surface area contributed by atoms with E-state index >= 15 is 0 Å². The minimum absolute atomic E-state index is 0.0507. The molecule has 4 nitrogen and oxygen atoms in total. The monoisotopic (exact) mass is 201 g/mol. The molecule has 0 saturated heterocycles. The van der Waals surface area contributed by atoms with Gasteiger partial charge >= 0.3 is 0 Å². The van der Waals surface area contributed by atoms with Gasteiger partial charge in [-0.2, -0.15) is 0 Å². The lowest BCUT2D eigenvalue weighted by Crippen LogP contribution is -2.43. The van der Waals surface area contributed by atoms with Gasteiger partial charge in [-0.15, -0.1) is 0 Å². The first kappa shape index (κ1) is 13.4. The summed E-state index contributed by atoms with van der Waals surface area (Å²) in [5, 5.41) is 5.65. The van der Waals surface area contributed by atoms with E-state index in [0.717, 1.165) is 6.54 Å². The van der Waals surface area contributed by atoms with Crippen molar-refractivity contribution in [2.75, 3.05) is 33.7 Å². The van der Waals surface area contributed by atoms with Gasteiger partial charge in [0.25, 0.3) is 0 Å². The van der Waals surface area contributed by atoms with Gasteiger partial charge in [-0.05, 0) is 34.9 Å². The Bertz CT molecular complexity index is 175. The largest absolute Gasteiger partial charge is 0.354 e. The van der Waals surface area contributed by atoms with Crippen LogP contribution in [0.15, 0.2) is 0 Å². The van der Waals surface area contributed by atoms with Crippen LogP contribution in [0.5, 0.6) is 0 Å². The van der Waals surface area contributed by atoms with E-state index in [2.05, 4.69) is 43.4 Å². The molecule has 0 bridgehead atoms. The van der Waals surface area contributed by atoms with Gasteiger partial charge in [0.1, 0.15) is 0 Å². The molecule has 0 aliphatic carbocycles. The van der Waals surface area contributed by atoms with Crippen LogP contribution in [0, 0.1) is 0 Å². The Labute approximate surface area is 87.0 Å². The second kappa shape index (κ2) is 5.98. The fourth-order valence-electron chi connectivity index (χ4n) is 0.921. The van der Waals surface area contributed by atoms with Gasteiger partial charge in [0.05, 0.1) is 6.54 Å². The Balaban J connectivity index is 3.59. The first-order valence-electron chi connectivity index (χ1n) is 5.00. The highest BCUT2D eigenvalue weighted by Gasteiger charge is 2.15. The van der Waals surface area contributed by atoms with E-state index in [-0.39, 0.29) is 11.4 Å². The summed E-state index contributed by atoms with van der Waals surface area (Å²) >= 11 is 0. The molecule has 0 fully saturated rings. The summed E-state index contributed by atoms with van der Waals surface area (Å²) in [4.78, 5) is 13.3. The molecule has 0 rings (SSSR count). The quantitative estimate of drug-likeness (QED) is 0.661. The average molecular weight is 201 g/mol. The predicted molar refractivity (Wildman–Crippen MR) is 59.3 cm³/mol. The van der Waals surface area contributed by atoms with Crippen LogP contribution in [0.2, 0.25) is 0 Å². The van der Waals surface area contributed by atoms with Crippen molar-refractivity contribution in [1.29, 1.82) is 0 Å². The number of nitrogens with zero attached hydrogens (tertiary/aromatic N) is 1. The minimum atomic E-state index is 0.0507. The molecule has 0 aromatic rings. The minimum Gasteiger partial charge on any atom is -0.354 e. The molecule has 0 aromatic carbocycles. The second-order valence-electron chi connectivity index (χ2n) is 4.47. The van der Waals surface area contributed by atoms with Gasteiger partial charge in [-0.25, -0.2) is 0 Å². The SMILES string of the molecule is CNCC(=O)NCCN(C)C(C)(C)C. The zero-order valence-electron chi connectivity index (χ0n) is 9.98. The van der Waals surface area contributed by atoms with E-state index in [1.54, 1.807) is 7.05 Å². The van der Waals surface area contributed by atoms with Gasteiger partial charge in [0.2, 0.25) is 5.91 Å². The molecule has 14 heavy (non-hydrogen) atoms. The van der Waals surface area contributed by atoms with Gasteiger partial charge in [0.15, 0.2) is 0 Å². The van der Waals surface area contributed by atoms with Gasteiger partial charge in [-0.1, -0.05) is 0 Å². The standard InChI is InChI=1S/C10H23N3O/c1-10(2,3)13(5)7-6-12-9(14)8-11-4/h11H,6-8H2,1-5H3,(H,12,14). The third-order valence-corrected chi connectivity index (χ3v) is 2.25. The Kier molecular flexibility index (Phi) is 5.72. The van der Waals surface area contributed by atoms with Crippen LogP contribution in [0.4, 0.5) is 0 Å². The first-order valence-corrected chi connectivity index (χ1v) is 5.00. The Hall–Kier alpha value is -0.610. The molecule has 0 radical (unpaired) electrons. The molecule has 0 saturated carbocycles. The lowest BCUT2D eigenvalue weighted by atomic mass is 10.1. The van der Waals surface area contributed by atoms with Crippen molar-refractivity contribution >= 4 is 5.91 Å². The van der Waals surface area contributed by atoms with Crippen molar-refractivity contribution in [1.82, 2.24) is 15.5 Å². The fourth-order valence-corrected chi connectivity index (χ4v) is 0.921. The summed E-state index contributed by atoms with van der Waals surface area (Å²) in [6.07, 6.45) is 0. The first-order chi connectivity index (χ1) is 6.38. The predicted octanol–water partition coefficient (Wildman–Crippen LogP) is 0.0523. The molecule has 0 atom stereocenters. The van der Waals surface area contributed by atoms with E-state index in [9.17, 15) is 4.79 Å². The van der Waals surface area contributed by atoms with Crippen molar-refractivity contribution < 1.29 is 4.79 Å². The molecule has 0 aliphatic rings. The number of hydrogen-bond donors (Lipinski definition) is 2. The van der Waals surface area contributed by atoms with Crippen molar-refractivity contribution in [3.63, 3.8) is 0 Å². The van der Waals surface area contributed by atoms with Crippen molar-refractivity contribution in [2.45, 2.75) is 26.3 Å². The van der Waals surface area contributed by atoms with Crippen molar-refractivity contribution in [3.05, 3.63) is 0 Å². The highest BCUT2D eigenvalue weighted by molar-refractivity contribution is 5.77. The number of rotatable bonds is 5. The Morgan fingerprint density at radius 1 is 1.36 bits per heavy atom. The molecule has 0 spiro atoms. The molecule has 4 heteroatoms. The highest BCUT2D eigenvalue weighted by Crippen LogP contribution is 2.08. The van der Waals surface area contributed by atoms with Crippen LogP contribution < -0.4 is 10.6 Å². The Morgan fingerprint density at radius 2 is 1.93 bits per heavy atom. The molecule has 0 aliphatic heterocycles. The lowest BCUT2D eigenvalue weighted by Gasteiger charge is -2.31. The maximum Gasteiger partial charge on any atom is 0.233 e. The molecule has 84 valence electrons. The molecular formula is C10H23N3O. The fraction of sp³-hybridized carbons (Fsp3) is 0.900. The second-order valence-corrected chi connectivity index (χ2v) is 4.47. The van der Waals surface area contributed by atoms with Crippen LogP contribution in [0.3, 0.4) is 0 Å². The summed E-state index contributed by atoms with van der Waals surface area (Å²) in [7, 11) is 3.82. The van der Waals surface area contributed by atoms with E-state index in [0.29, 0.717) is 13.1 Å².